The molecule has 0 bridgehead atoms. The molecule has 1 aromatic heterocycles. The standard InChI is InChI=1S/C14H25N3S/c1-4-5-6-9-14(2,3)10-15-13-16-12(17-18-13)11-7-8-11/h11H,4-10H2,1-3H3,(H,15,16,17). The van der Waals surface area contributed by atoms with Crippen LogP contribution in [0, 0.1) is 5.41 Å². The molecule has 1 aliphatic carbocycles. The molecule has 102 valence electrons. The van der Waals surface area contributed by atoms with Crippen LogP contribution in [-0.4, -0.2) is 15.9 Å². The van der Waals surface area contributed by atoms with Gasteiger partial charge in [-0.25, -0.2) is 4.98 Å². The van der Waals surface area contributed by atoms with E-state index in [1.54, 1.807) is 0 Å². The molecule has 1 heterocycles. The molecular weight excluding hydrogens is 242 g/mol. The van der Waals surface area contributed by atoms with Crippen molar-refractivity contribution in [1.29, 1.82) is 0 Å². The molecule has 0 saturated heterocycles. The van der Waals surface area contributed by atoms with Crippen LogP contribution in [0.5, 0.6) is 0 Å². The highest BCUT2D eigenvalue weighted by Gasteiger charge is 2.28. The van der Waals surface area contributed by atoms with Gasteiger partial charge in [0.1, 0.15) is 5.82 Å². The number of nitrogens with zero attached hydrogens (tertiary/aromatic N) is 2. The normalized spacial score (nSPS) is 15.9. The average Bonchev–Trinajstić information content (AvgIpc) is 3.07. The first-order valence-electron chi connectivity index (χ1n) is 7.18. The van der Waals surface area contributed by atoms with Gasteiger partial charge in [-0.05, 0) is 24.7 Å². The van der Waals surface area contributed by atoms with Crippen LogP contribution in [-0.2, 0) is 0 Å². The van der Waals surface area contributed by atoms with E-state index in [-0.39, 0.29) is 0 Å². The van der Waals surface area contributed by atoms with Gasteiger partial charge in [-0.2, -0.15) is 4.37 Å². The second kappa shape index (κ2) is 6.00. The number of nitrogens with one attached hydrogen (secondary N) is 1. The van der Waals surface area contributed by atoms with Crippen molar-refractivity contribution in [2.24, 2.45) is 5.41 Å². The minimum atomic E-state index is 0.348. The summed E-state index contributed by atoms with van der Waals surface area (Å²) in [5, 5.41) is 4.46. The molecule has 1 fully saturated rings. The molecule has 18 heavy (non-hydrogen) atoms. The Morgan fingerprint density at radius 1 is 1.33 bits per heavy atom. The van der Waals surface area contributed by atoms with Gasteiger partial charge in [0, 0.05) is 24.0 Å². The lowest BCUT2D eigenvalue weighted by molar-refractivity contribution is 0.342. The summed E-state index contributed by atoms with van der Waals surface area (Å²) >= 11 is 1.51. The summed E-state index contributed by atoms with van der Waals surface area (Å²) in [7, 11) is 0. The fourth-order valence-electron chi connectivity index (χ4n) is 2.07. The van der Waals surface area contributed by atoms with Gasteiger partial charge >= 0.3 is 0 Å². The van der Waals surface area contributed by atoms with Gasteiger partial charge in [-0.3, -0.25) is 0 Å². The highest BCUT2D eigenvalue weighted by atomic mass is 32.1. The second-order valence-electron chi connectivity index (χ2n) is 6.21. The number of anilines is 1. The van der Waals surface area contributed by atoms with Crippen LogP contribution in [0.2, 0.25) is 0 Å². The molecule has 0 aromatic carbocycles. The highest BCUT2D eigenvalue weighted by Crippen LogP contribution is 2.39. The summed E-state index contributed by atoms with van der Waals surface area (Å²) in [5.74, 6) is 1.72. The average molecular weight is 267 g/mol. The minimum absolute atomic E-state index is 0.348. The lowest BCUT2D eigenvalue weighted by atomic mass is 9.87. The number of hydrogen-bond acceptors (Lipinski definition) is 4. The van der Waals surface area contributed by atoms with E-state index in [1.807, 2.05) is 0 Å². The molecule has 1 aliphatic rings. The Kier molecular flexibility index (Phi) is 4.60. The first-order chi connectivity index (χ1) is 8.61. The van der Waals surface area contributed by atoms with E-state index in [0.717, 1.165) is 17.5 Å². The molecule has 3 nitrogen and oxygen atoms in total. The Morgan fingerprint density at radius 2 is 2.11 bits per heavy atom. The Morgan fingerprint density at radius 3 is 2.78 bits per heavy atom. The van der Waals surface area contributed by atoms with Gasteiger partial charge in [0.2, 0.25) is 5.13 Å². The number of aromatic nitrogens is 2. The quantitative estimate of drug-likeness (QED) is 0.708. The topological polar surface area (TPSA) is 37.8 Å². The zero-order valence-corrected chi connectivity index (χ0v) is 12.6. The molecule has 4 heteroatoms. The molecule has 0 amide bonds. The van der Waals surface area contributed by atoms with Gasteiger partial charge in [-0.1, -0.05) is 40.0 Å². The molecule has 1 N–H and O–H groups in total. The summed E-state index contributed by atoms with van der Waals surface area (Å²) in [6, 6.07) is 0. The smallest absolute Gasteiger partial charge is 0.202 e. The van der Waals surface area contributed by atoms with Crippen LogP contribution < -0.4 is 5.32 Å². The Bertz CT molecular complexity index is 369. The van der Waals surface area contributed by atoms with Crippen LogP contribution in [0.25, 0.3) is 0 Å². The Balaban J connectivity index is 1.74. The van der Waals surface area contributed by atoms with Crippen LogP contribution in [0.15, 0.2) is 0 Å². The van der Waals surface area contributed by atoms with Crippen molar-refractivity contribution in [1.82, 2.24) is 9.36 Å². The predicted molar refractivity (Wildman–Crippen MR) is 78.3 cm³/mol. The molecule has 0 spiro atoms. The maximum absolute atomic E-state index is 4.57. The first kappa shape index (κ1) is 13.8. The largest absolute Gasteiger partial charge is 0.360 e. The number of unbranched alkanes of at least 4 members (excludes halogenated alkanes) is 2. The second-order valence-corrected chi connectivity index (χ2v) is 6.96. The third kappa shape index (κ3) is 4.23. The molecule has 0 radical (unpaired) electrons. The summed E-state index contributed by atoms with van der Waals surface area (Å²) in [4.78, 5) is 4.57. The lowest BCUT2D eigenvalue weighted by Gasteiger charge is -2.24. The van der Waals surface area contributed by atoms with Crippen molar-refractivity contribution in [3.8, 4) is 0 Å². The van der Waals surface area contributed by atoms with Gasteiger partial charge < -0.3 is 5.32 Å². The molecule has 0 atom stereocenters. The fourth-order valence-corrected chi connectivity index (χ4v) is 2.71. The predicted octanol–water partition coefficient (Wildman–Crippen LogP) is 4.43. The van der Waals surface area contributed by atoms with Crippen molar-refractivity contribution in [2.75, 3.05) is 11.9 Å². The van der Waals surface area contributed by atoms with E-state index >= 15 is 0 Å². The van der Waals surface area contributed by atoms with Crippen molar-refractivity contribution in [2.45, 2.75) is 65.2 Å². The lowest BCUT2D eigenvalue weighted by Crippen LogP contribution is -2.23. The van der Waals surface area contributed by atoms with Gasteiger partial charge in [0.05, 0.1) is 0 Å². The van der Waals surface area contributed by atoms with E-state index in [4.69, 9.17) is 0 Å². The zero-order valence-electron chi connectivity index (χ0n) is 11.8. The van der Waals surface area contributed by atoms with Crippen molar-refractivity contribution < 1.29 is 0 Å². The summed E-state index contributed by atoms with van der Waals surface area (Å²) < 4.78 is 4.42. The van der Waals surface area contributed by atoms with Gasteiger partial charge in [0.15, 0.2) is 0 Å². The van der Waals surface area contributed by atoms with Gasteiger partial charge in [-0.15, -0.1) is 0 Å². The number of hydrogen-bond donors (Lipinski definition) is 1. The van der Waals surface area contributed by atoms with E-state index in [1.165, 1.54) is 50.1 Å². The third-order valence-electron chi connectivity index (χ3n) is 3.56. The van der Waals surface area contributed by atoms with Crippen LogP contribution in [0.3, 0.4) is 0 Å². The minimum Gasteiger partial charge on any atom is -0.360 e. The zero-order chi connectivity index (χ0) is 13.0. The highest BCUT2D eigenvalue weighted by molar-refractivity contribution is 7.09. The van der Waals surface area contributed by atoms with Gasteiger partial charge in [0.25, 0.3) is 0 Å². The maximum atomic E-state index is 4.57. The molecule has 2 rings (SSSR count). The molecule has 1 saturated carbocycles. The third-order valence-corrected chi connectivity index (χ3v) is 4.25. The fraction of sp³-hybridized carbons (Fsp3) is 0.857. The first-order valence-corrected chi connectivity index (χ1v) is 7.95. The van der Waals surface area contributed by atoms with E-state index in [2.05, 4.69) is 35.4 Å². The van der Waals surface area contributed by atoms with E-state index in [9.17, 15) is 0 Å². The SMILES string of the molecule is CCCCCC(C)(C)CNc1nc(C2CC2)ns1. The van der Waals surface area contributed by atoms with Crippen molar-refractivity contribution in [3.63, 3.8) is 0 Å². The molecule has 0 aliphatic heterocycles. The number of rotatable bonds is 8. The van der Waals surface area contributed by atoms with E-state index in [0.29, 0.717) is 11.3 Å². The summed E-state index contributed by atoms with van der Waals surface area (Å²) in [6.45, 7) is 7.92. The van der Waals surface area contributed by atoms with Crippen LogP contribution in [0.4, 0.5) is 5.13 Å². The molecule has 1 aromatic rings. The van der Waals surface area contributed by atoms with Crippen molar-refractivity contribution >= 4 is 16.7 Å². The van der Waals surface area contributed by atoms with E-state index < -0.39 is 0 Å². The van der Waals surface area contributed by atoms with Crippen LogP contribution >= 0.6 is 11.5 Å². The van der Waals surface area contributed by atoms with Crippen LogP contribution in [0.1, 0.15) is 71.0 Å². The summed E-state index contributed by atoms with van der Waals surface area (Å²) in [6.07, 6.45) is 7.80. The molecular formula is C14H25N3S. The molecule has 0 unspecified atom stereocenters. The Hall–Kier alpha value is -0.640. The maximum Gasteiger partial charge on any atom is 0.202 e. The summed E-state index contributed by atoms with van der Waals surface area (Å²) in [5.41, 5.74) is 0.348. The van der Waals surface area contributed by atoms with Crippen molar-refractivity contribution in [3.05, 3.63) is 5.82 Å². The monoisotopic (exact) mass is 267 g/mol. The Labute approximate surface area is 115 Å².